The minimum atomic E-state index is -4.57. The molecule has 0 saturated carbocycles. The molecule has 0 saturated heterocycles. The molecule has 148 valence electrons. The summed E-state index contributed by atoms with van der Waals surface area (Å²) in [5.74, 6) is -0.436. The summed E-state index contributed by atoms with van der Waals surface area (Å²) < 4.78 is 55.0. The van der Waals surface area contributed by atoms with Crippen molar-refractivity contribution in [2.45, 2.75) is 12.6 Å². The van der Waals surface area contributed by atoms with Crippen molar-refractivity contribution < 1.29 is 17.6 Å². The van der Waals surface area contributed by atoms with Crippen LogP contribution in [-0.2, 0) is 12.6 Å². The van der Waals surface area contributed by atoms with Crippen LogP contribution in [0.25, 0.3) is 16.9 Å². The summed E-state index contributed by atoms with van der Waals surface area (Å²) in [6, 6.07) is 13.5. The third kappa shape index (κ3) is 3.95. The number of rotatable bonds is 3. The van der Waals surface area contributed by atoms with E-state index in [1.54, 1.807) is 36.4 Å². The minimum Gasteiger partial charge on any atom is -0.301 e. The highest BCUT2D eigenvalue weighted by Crippen LogP contribution is 2.35. The number of hydrogen-bond acceptors (Lipinski definition) is 1. The van der Waals surface area contributed by atoms with Gasteiger partial charge in [-0.25, -0.2) is 9.37 Å². The first-order valence-electron chi connectivity index (χ1n) is 8.50. The Bertz CT molecular complexity index is 1220. The van der Waals surface area contributed by atoms with Gasteiger partial charge >= 0.3 is 6.18 Å². The van der Waals surface area contributed by atoms with E-state index in [4.69, 9.17) is 23.2 Å². The SMILES string of the molecule is Fc1cccc(Cc2c(-c3cccc(Cl)c3)nc3c(Cl)cc(C(F)(F)F)cn23)c1. The van der Waals surface area contributed by atoms with Crippen LogP contribution < -0.4 is 0 Å². The van der Waals surface area contributed by atoms with E-state index in [1.165, 1.54) is 16.5 Å². The molecule has 0 radical (unpaired) electrons. The second-order valence-electron chi connectivity index (χ2n) is 6.49. The van der Waals surface area contributed by atoms with Gasteiger partial charge in [-0.2, -0.15) is 13.2 Å². The molecule has 2 aromatic carbocycles. The van der Waals surface area contributed by atoms with Gasteiger partial charge in [0.25, 0.3) is 0 Å². The van der Waals surface area contributed by atoms with Gasteiger partial charge in [0.15, 0.2) is 5.65 Å². The fourth-order valence-electron chi connectivity index (χ4n) is 3.18. The summed E-state index contributed by atoms with van der Waals surface area (Å²) in [7, 11) is 0. The van der Waals surface area contributed by atoms with E-state index in [1.807, 2.05) is 0 Å². The molecule has 2 nitrogen and oxygen atoms in total. The average molecular weight is 439 g/mol. The number of imidazole rings is 1. The van der Waals surface area contributed by atoms with Crippen molar-refractivity contribution in [1.82, 2.24) is 9.38 Å². The van der Waals surface area contributed by atoms with Crippen molar-refractivity contribution in [3.8, 4) is 11.3 Å². The molecule has 0 N–H and O–H groups in total. The maximum atomic E-state index is 13.7. The third-order valence-electron chi connectivity index (χ3n) is 4.46. The number of halogens is 6. The van der Waals surface area contributed by atoms with Crippen LogP contribution in [-0.4, -0.2) is 9.38 Å². The fraction of sp³-hybridized carbons (Fsp3) is 0.0952. The standard InChI is InChI=1S/C21H12Cl2F4N2/c22-15-5-2-4-13(9-15)19-18(8-12-3-1-6-16(24)7-12)29-11-14(21(25,26)27)10-17(23)20(29)28-19/h1-7,9-11H,8H2. The van der Waals surface area contributed by atoms with Crippen LogP contribution in [0.3, 0.4) is 0 Å². The third-order valence-corrected chi connectivity index (χ3v) is 4.97. The first-order valence-corrected chi connectivity index (χ1v) is 9.26. The van der Waals surface area contributed by atoms with Crippen molar-refractivity contribution >= 4 is 28.8 Å². The molecular weight excluding hydrogens is 427 g/mol. The number of fused-ring (bicyclic) bond motifs is 1. The Morgan fingerprint density at radius 1 is 0.966 bits per heavy atom. The topological polar surface area (TPSA) is 17.3 Å². The van der Waals surface area contributed by atoms with Gasteiger partial charge in [0.2, 0.25) is 0 Å². The van der Waals surface area contributed by atoms with Gasteiger partial charge in [-0.3, -0.25) is 0 Å². The lowest BCUT2D eigenvalue weighted by atomic mass is 10.0. The van der Waals surface area contributed by atoms with E-state index in [0.29, 0.717) is 27.5 Å². The molecule has 0 unspecified atom stereocenters. The van der Waals surface area contributed by atoms with E-state index in [0.717, 1.165) is 12.3 Å². The first kappa shape index (κ1) is 19.7. The highest BCUT2D eigenvalue weighted by molar-refractivity contribution is 6.33. The Hall–Kier alpha value is -2.57. The van der Waals surface area contributed by atoms with Crippen molar-refractivity contribution in [2.75, 3.05) is 0 Å². The molecule has 0 aliphatic heterocycles. The zero-order chi connectivity index (χ0) is 20.8. The van der Waals surface area contributed by atoms with Crippen molar-refractivity contribution in [3.05, 3.63) is 93.5 Å². The first-order chi connectivity index (χ1) is 13.7. The molecule has 0 spiro atoms. The molecule has 0 aliphatic carbocycles. The van der Waals surface area contributed by atoms with Crippen molar-refractivity contribution in [1.29, 1.82) is 0 Å². The second-order valence-corrected chi connectivity index (χ2v) is 7.34. The van der Waals surface area contributed by atoms with Crippen LogP contribution in [0.5, 0.6) is 0 Å². The van der Waals surface area contributed by atoms with Crippen LogP contribution >= 0.6 is 23.2 Å². The molecule has 4 aromatic rings. The predicted octanol–water partition coefficient (Wildman–Crippen LogP) is 7.06. The van der Waals surface area contributed by atoms with Crippen molar-refractivity contribution in [3.63, 3.8) is 0 Å². The van der Waals surface area contributed by atoms with Gasteiger partial charge in [0.1, 0.15) is 5.82 Å². The van der Waals surface area contributed by atoms with E-state index >= 15 is 0 Å². The van der Waals surface area contributed by atoms with E-state index < -0.39 is 17.6 Å². The van der Waals surface area contributed by atoms with Crippen molar-refractivity contribution in [2.24, 2.45) is 0 Å². The largest absolute Gasteiger partial charge is 0.417 e. The molecule has 2 aromatic heterocycles. The second kappa shape index (κ2) is 7.35. The van der Waals surface area contributed by atoms with Gasteiger partial charge in [-0.1, -0.05) is 47.5 Å². The summed E-state index contributed by atoms with van der Waals surface area (Å²) in [5.41, 5.74) is 1.37. The molecule has 0 amide bonds. The summed E-state index contributed by atoms with van der Waals surface area (Å²) in [4.78, 5) is 4.48. The number of nitrogens with zero attached hydrogens (tertiary/aromatic N) is 2. The monoisotopic (exact) mass is 438 g/mol. The maximum Gasteiger partial charge on any atom is 0.417 e. The highest BCUT2D eigenvalue weighted by Gasteiger charge is 2.32. The van der Waals surface area contributed by atoms with Crippen LogP contribution in [0.4, 0.5) is 17.6 Å². The van der Waals surface area contributed by atoms with Crippen LogP contribution in [0, 0.1) is 5.82 Å². The lowest BCUT2D eigenvalue weighted by Crippen LogP contribution is -2.08. The number of pyridine rings is 1. The average Bonchev–Trinajstić information content (AvgIpc) is 3.00. The molecule has 2 heterocycles. The highest BCUT2D eigenvalue weighted by atomic mass is 35.5. The maximum absolute atomic E-state index is 13.7. The molecular formula is C21H12Cl2F4N2. The number of aromatic nitrogens is 2. The number of alkyl halides is 3. The number of hydrogen-bond donors (Lipinski definition) is 0. The van der Waals surface area contributed by atoms with Gasteiger partial charge in [0.05, 0.1) is 22.0 Å². The van der Waals surface area contributed by atoms with Gasteiger partial charge < -0.3 is 4.40 Å². The molecule has 4 rings (SSSR count). The van der Waals surface area contributed by atoms with E-state index in [9.17, 15) is 17.6 Å². The van der Waals surface area contributed by atoms with E-state index in [2.05, 4.69) is 4.98 Å². The van der Waals surface area contributed by atoms with Gasteiger partial charge in [0, 0.05) is 23.2 Å². The molecule has 29 heavy (non-hydrogen) atoms. The summed E-state index contributed by atoms with van der Waals surface area (Å²) in [6.07, 6.45) is -3.47. The molecule has 0 bridgehead atoms. The zero-order valence-corrected chi connectivity index (χ0v) is 16.2. The lowest BCUT2D eigenvalue weighted by molar-refractivity contribution is -0.137. The Labute approximate surface area is 173 Å². The van der Waals surface area contributed by atoms with Crippen LogP contribution in [0.2, 0.25) is 10.0 Å². The summed E-state index contributed by atoms with van der Waals surface area (Å²) in [6.45, 7) is 0. The molecule has 0 aliphatic rings. The van der Waals surface area contributed by atoms with Gasteiger partial charge in [-0.15, -0.1) is 0 Å². The molecule has 0 atom stereocenters. The normalized spacial score (nSPS) is 11.9. The smallest absolute Gasteiger partial charge is 0.301 e. The minimum absolute atomic E-state index is 0.131. The number of benzene rings is 2. The van der Waals surface area contributed by atoms with Crippen LogP contribution in [0.1, 0.15) is 16.8 Å². The zero-order valence-electron chi connectivity index (χ0n) is 14.6. The molecule has 0 fully saturated rings. The van der Waals surface area contributed by atoms with Gasteiger partial charge in [-0.05, 0) is 35.9 Å². The quantitative estimate of drug-likeness (QED) is 0.313. The Morgan fingerprint density at radius 2 is 1.72 bits per heavy atom. The van der Waals surface area contributed by atoms with E-state index in [-0.39, 0.29) is 17.1 Å². The Balaban J connectivity index is 1.99. The summed E-state index contributed by atoms with van der Waals surface area (Å²) in [5, 5.41) is 0.326. The lowest BCUT2D eigenvalue weighted by Gasteiger charge is -2.10. The fourth-order valence-corrected chi connectivity index (χ4v) is 3.62. The predicted molar refractivity (Wildman–Crippen MR) is 105 cm³/mol. The summed E-state index contributed by atoms with van der Waals surface area (Å²) >= 11 is 12.2. The Morgan fingerprint density at radius 3 is 2.41 bits per heavy atom. The van der Waals surface area contributed by atoms with Crippen LogP contribution in [0.15, 0.2) is 60.8 Å². The molecule has 8 heteroatoms. The Kier molecular flexibility index (Phi) is 5.00.